The molecule has 0 aliphatic carbocycles. The van der Waals surface area contributed by atoms with E-state index in [1.165, 1.54) is 16.4 Å². The molecule has 1 saturated heterocycles. The van der Waals surface area contributed by atoms with Crippen LogP contribution in [-0.4, -0.2) is 49.7 Å². The van der Waals surface area contributed by atoms with Crippen molar-refractivity contribution in [1.29, 1.82) is 0 Å². The maximum absolute atomic E-state index is 13.9. The fourth-order valence-electron chi connectivity index (χ4n) is 3.31. The highest BCUT2D eigenvalue weighted by atomic mass is 32.2. The minimum absolute atomic E-state index is 0.230. The van der Waals surface area contributed by atoms with E-state index in [4.69, 9.17) is 0 Å². The fraction of sp³-hybridized carbons (Fsp3) is 0.318. The third kappa shape index (κ3) is 4.57. The molecule has 1 aliphatic heterocycles. The SMILES string of the molecule is CC(=CC(=O)N1CCN(S(=O)(=O)c2ccc(C)c(C)c2)CC1)c1ccccc1F. The number of allylic oxidation sites excluding steroid dienone is 1. The van der Waals surface area contributed by atoms with Gasteiger partial charge in [-0.1, -0.05) is 24.3 Å². The molecular formula is C22H25FN2O3S. The molecule has 0 atom stereocenters. The first kappa shape index (κ1) is 21.2. The highest BCUT2D eigenvalue weighted by molar-refractivity contribution is 7.89. The van der Waals surface area contributed by atoms with Crippen LogP contribution in [0.25, 0.3) is 5.57 Å². The van der Waals surface area contributed by atoms with Crippen molar-refractivity contribution in [1.82, 2.24) is 9.21 Å². The van der Waals surface area contributed by atoms with Gasteiger partial charge in [-0.3, -0.25) is 4.79 Å². The number of hydrogen-bond donors (Lipinski definition) is 0. The maximum Gasteiger partial charge on any atom is 0.246 e. The molecular weight excluding hydrogens is 391 g/mol. The molecule has 7 heteroatoms. The highest BCUT2D eigenvalue weighted by Gasteiger charge is 2.30. The Morgan fingerprint density at radius 1 is 1.00 bits per heavy atom. The molecule has 0 radical (unpaired) electrons. The lowest BCUT2D eigenvalue weighted by Gasteiger charge is -2.33. The van der Waals surface area contributed by atoms with Gasteiger partial charge in [0.25, 0.3) is 0 Å². The predicted octanol–water partition coefficient (Wildman–Crippen LogP) is 3.38. The molecule has 0 unspecified atom stereocenters. The topological polar surface area (TPSA) is 57.7 Å². The largest absolute Gasteiger partial charge is 0.337 e. The molecule has 5 nitrogen and oxygen atoms in total. The molecule has 0 bridgehead atoms. The van der Waals surface area contributed by atoms with Crippen molar-refractivity contribution in [3.63, 3.8) is 0 Å². The first-order chi connectivity index (χ1) is 13.7. The van der Waals surface area contributed by atoms with Crippen LogP contribution in [0.1, 0.15) is 23.6 Å². The van der Waals surface area contributed by atoms with E-state index in [9.17, 15) is 17.6 Å². The Labute approximate surface area is 171 Å². The molecule has 0 N–H and O–H groups in total. The Hall–Kier alpha value is -2.51. The van der Waals surface area contributed by atoms with Crippen LogP contribution in [0, 0.1) is 19.7 Å². The quantitative estimate of drug-likeness (QED) is 0.718. The third-order valence-electron chi connectivity index (χ3n) is 5.31. The van der Waals surface area contributed by atoms with E-state index >= 15 is 0 Å². The number of carbonyl (C=O) groups is 1. The van der Waals surface area contributed by atoms with Gasteiger partial charge in [0.15, 0.2) is 0 Å². The van der Waals surface area contributed by atoms with Crippen molar-refractivity contribution < 1.29 is 17.6 Å². The van der Waals surface area contributed by atoms with Gasteiger partial charge in [-0.15, -0.1) is 0 Å². The molecule has 0 saturated carbocycles. The Morgan fingerprint density at radius 3 is 2.28 bits per heavy atom. The van der Waals surface area contributed by atoms with E-state index in [2.05, 4.69) is 0 Å². The van der Waals surface area contributed by atoms with E-state index < -0.39 is 10.0 Å². The fourth-order valence-corrected chi connectivity index (χ4v) is 4.82. The number of amides is 1. The monoisotopic (exact) mass is 416 g/mol. The van der Waals surface area contributed by atoms with E-state index in [1.54, 1.807) is 48.2 Å². The molecule has 0 spiro atoms. The summed E-state index contributed by atoms with van der Waals surface area (Å²) in [5.41, 5.74) is 2.89. The first-order valence-electron chi connectivity index (χ1n) is 9.49. The Balaban J connectivity index is 1.68. The average Bonchev–Trinajstić information content (AvgIpc) is 2.70. The molecule has 1 aliphatic rings. The van der Waals surface area contributed by atoms with Gasteiger partial charge in [0.2, 0.25) is 15.9 Å². The highest BCUT2D eigenvalue weighted by Crippen LogP contribution is 2.21. The second-order valence-electron chi connectivity index (χ2n) is 7.28. The number of carbonyl (C=O) groups excluding carboxylic acids is 1. The van der Waals surface area contributed by atoms with Crippen LogP contribution in [0.5, 0.6) is 0 Å². The Bertz CT molecular complexity index is 1060. The minimum atomic E-state index is -3.59. The number of nitrogens with zero attached hydrogens (tertiary/aromatic N) is 2. The summed E-state index contributed by atoms with van der Waals surface area (Å²) in [5.74, 6) is -0.618. The zero-order chi connectivity index (χ0) is 21.2. The summed E-state index contributed by atoms with van der Waals surface area (Å²) in [6.07, 6.45) is 1.41. The molecule has 29 heavy (non-hydrogen) atoms. The van der Waals surface area contributed by atoms with Crippen molar-refractivity contribution in [2.75, 3.05) is 26.2 Å². The summed E-state index contributed by atoms with van der Waals surface area (Å²) >= 11 is 0. The molecule has 1 heterocycles. The number of piperazine rings is 1. The van der Waals surface area contributed by atoms with Gasteiger partial charge in [0, 0.05) is 37.8 Å². The number of benzene rings is 2. The van der Waals surface area contributed by atoms with E-state index in [0.29, 0.717) is 24.2 Å². The van der Waals surface area contributed by atoms with Gasteiger partial charge in [0.05, 0.1) is 4.90 Å². The van der Waals surface area contributed by atoms with Crippen LogP contribution in [0.3, 0.4) is 0 Å². The van der Waals surface area contributed by atoms with Gasteiger partial charge in [0.1, 0.15) is 5.82 Å². The van der Waals surface area contributed by atoms with Gasteiger partial charge < -0.3 is 4.90 Å². The summed E-state index contributed by atoms with van der Waals surface area (Å²) in [4.78, 5) is 14.4. The van der Waals surface area contributed by atoms with Crippen LogP contribution >= 0.6 is 0 Å². The summed E-state index contributed by atoms with van der Waals surface area (Å²) < 4.78 is 41.1. The van der Waals surface area contributed by atoms with Crippen molar-refractivity contribution >= 4 is 21.5 Å². The number of rotatable bonds is 4. The molecule has 3 rings (SSSR count). The lowest BCUT2D eigenvalue weighted by Crippen LogP contribution is -2.50. The van der Waals surface area contributed by atoms with Crippen LogP contribution in [0.2, 0.25) is 0 Å². The van der Waals surface area contributed by atoms with Crippen molar-refractivity contribution in [3.8, 4) is 0 Å². The van der Waals surface area contributed by atoms with E-state index in [0.717, 1.165) is 11.1 Å². The summed E-state index contributed by atoms with van der Waals surface area (Å²) in [7, 11) is -3.59. The van der Waals surface area contributed by atoms with Crippen LogP contribution in [0.4, 0.5) is 4.39 Å². The lowest BCUT2D eigenvalue weighted by molar-refractivity contribution is -0.127. The summed E-state index contributed by atoms with van der Waals surface area (Å²) in [6.45, 7) is 6.56. The summed E-state index contributed by atoms with van der Waals surface area (Å²) in [6, 6.07) is 11.4. The number of aryl methyl sites for hydroxylation is 2. The molecule has 1 amide bonds. The number of hydrogen-bond acceptors (Lipinski definition) is 3. The Morgan fingerprint density at radius 2 is 1.66 bits per heavy atom. The smallest absolute Gasteiger partial charge is 0.246 e. The van der Waals surface area contributed by atoms with Gasteiger partial charge >= 0.3 is 0 Å². The third-order valence-corrected chi connectivity index (χ3v) is 7.20. The molecule has 2 aromatic rings. The van der Waals surface area contributed by atoms with Gasteiger partial charge in [-0.2, -0.15) is 4.31 Å². The number of sulfonamides is 1. The molecule has 154 valence electrons. The Kier molecular flexibility index (Phi) is 6.19. The van der Waals surface area contributed by atoms with Crippen LogP contribution in [0.15, 0.2) is 53.4 Å². The van der Waals surface area contributed by atoms with Crippen molar-refractivity contribution in [3.05, 3.63) is 71.0 Å². The van der Waals surface area contributed by atoms with Gasteiger partial charge in [-0.25, -0.2) is 12.8 Å². The van der Waals surface area contributed by atoms with Gasteiger partial charge in [-0.05, 0) is 55.7 Å². The first-order valence-corrected chi connectivity index (χ1v) is 10.9. The second kappa shape index (κ2) is 8.47. The van der Waals surface area contributed by atoms with Crippen molar-refractivity contribution in [2.24, 2.45) is 0 Å². The van der Waals surface area contributed by atoms with Crippen molar-refractivity contribution in [2.45, 2.75) is 25.7 Å². The molecule has 1 fully saturated rings. The average molecular weight is 417 g/mol. The van der Waals surface area contributed by atoms with E-state index in [1.807, 2.05) is 13.8 Å². The van der Waals surface area contributed by atoms with Crippen LogP contribution in [-0.2, 0) is 14.8 Å². The summed E-state index contributed by atoms with van der Waals surface area (Å²) in [5, 5.41) is 0. The lowest BCUT2D eigenvalue weighted by atomic mass is 10.1. The molecule has 0 aromatic heterocycles. The van der Waals surface area contributed by atoms with E-state index in [-0.39, 0.29) is 29.7 Å². The zero-order valence-corrected chi connectivity index (χ0v) is 17.7. The zero-order valence-electron chi connectivity index (χ0n) is 16.9. The number of halogens is 1. The standard InChI is InChI=1S/C22H25FN2O3S/c1-16-8-9-19(14-17(16)2)29(27,28)25-12-10-24(11-13-25)22(26)15-18(3)20-6-4-5-7-21(20)23/h4-9,14-15H,10-13H2,1-3H3. The minimum Gasteiger partial charge on any atom is -0.337 e. The maximum atomic E-state index is 13.9. The normalized spacial score (nSPS) is 16.1. The predicted molar refractivity (Wildman–Crippen MR) is 111 cm³/mol. The molecule has 2 aromatic carbocycles. The second-order valence-corrected chi connectivity index (χ2v) is 9.22. The van der Waals surface area contributed by atoms with Crippen LogP contribution < -0.4 is 0 Å².